The smallest absolute Gasteiger partial charge is 0.136 e. The maximum atomic E-state index is 4.41. The molecule has 0 fully saturated rings. The molecule has 4 heteroatoms. The van der Waals surface area contributed by atoms with E-state index in [2.05, 4.69) is 34.4 Å². The highest BCUT2D eigenvalue weighted by Crippen LogP contribution is 2.17. The zero-order valence-corrected chi connectivity index (χ0v) is 12.4. The monoisotopic (exact) mass is 270 g/mol. The molecule has 0 aliphatic rings. The first-order chi connectivity index (χ1) is 9.63. The number of para-hydroxylation sites is 1. The van der Waals surface area contributed by atoms with Crippen molar-refractivity contribution in [2.24, 2.45) is 5.92 Å². The van der Waals surface area contributed by atoms with Crippen LogP contribution in [0.15, 0.2) is 36.4 Å². The van der Waals surface area contributed by atoms with Crippen molar-refractivity contribution in [3.05, 3.63) is 42.2 Å². The molecular weight excluding hydrogens is 248 g/mol. The summed E-state index contributed by atoms with van der Waals surface area (Å²) in [6.45, 7) is 7.27. The molecule has 0 saturated heterocycles. The minimum Gasteiger partial charge on any atom is -0.370 e. The molecule has 2 rings (SSSR count). The standard InChI is InChI=1S/C16H22N4/c1-12(2)9-10-17-15-11-16(19-13(3)18-15)20-14-7-5-4-6-8-14/h4-8,11-12H,9-10H2,1-3H3,(H2,17,18,19,20). The average Bonchev–Trinajstić information content (AvgIpc) is 2.38. The summed E-state index contributed by atoms with van der Waals surface area (Å²) in [6.07, 6.45) is 1.13. The molecule has 2 aromatic rings. The molecule has 0 aliphatic heterocycles. The first-order valence-electron chi connectivity index (χ1n) is 7.05. The number of aromatic nitrogens is 2. The van der Waals surface area contributed by atoms with Gasteiger partial charge in [-0.2, -0.15) is 0 Å². The first kappa shape index (κ1) is 14.3. The lowest BCUT2D eigenvalue weighted by molar-refractivity contribution is 0.606. The van der Waals surface area contributed by atoms with E-state index in [1.165, 1.54) is 0 Å². The Hall–Kier alpha value is -2.10. The lowest BCUT2D eigenvalue weighted by Gasteiger charge is -2.11. The van der Waals surface area contributed by atoms with Crippen LogP contribution in [-0.4, -0.2) is 16.5 Å². The van der Waals surface area contributed by atoms with E-state index in [1.807, 2.05) is 43.3 Å². The summed E-state index contributed by atoms with van der Waals surface area (Å²) < 4.78 is 0. The molecule has 1 aromatic heterocycles. The molecule has 0 saturated carbocycles. The Morgan fingerprint density at radius 1 is 1.05 bits per heavy atom. The van der Waals surface area contributed by atoms with Crippen molar-refractivity contribution in [3.63, 3.8) is 0 Å². The van der Waals surface area contributed by atoms with Gasteiger partial charge in [0.05, 0.1) is 0 Å². The summed E-state index contributed by atoms with van der Waals surface area (Å²) >= 11 is 0. The predicted octanol–water partition coefficient (Wildman–Crippen LogP) is 3.99. The summed E-state index contributed by atoms with van der Waals surface area (Å²) in [7, 11) is 0. The van der Waals surface area contributed by atoms with Crippen LogP contribution < -0.4 is 10.6 Å². The van der Waals surface area contributed by atoms with Crippen molar-refractivity contribution in [1.82, 2.24) is 9.97 Å². The van der Waals surface area contributed by atoms with Gasteiger partial charge in [-0.1, -0.05) is 32.0 Å². The van der Waals surface area contributed by atoms with Crippen molar-refractivity contribution >= 4 is 17.3 Å². The number of nitrogens with zero attached hydrogens (tertiary/aromatic N) is 2. The van der Waals surface area contributed by atoms with Gasteiger partial charge in [0.2, 0.25) is 0 Å². The Morgan fingerprint density at radius 2 is 1.75 bits per heavy atom. The molecular formula is C16H22N4. The van der Waals surface area contributed by atoms with Crippen LogP contribution in [0, 0.1) is 12.8 Å². The molecule has 0 radical (unpaired) electrons. The van der Waals surface area contributed by atoms with Gasteiger partial charge in [0.25, 0.3) is 0 Å². The summed E-state index contributed by atoms with van der Waals surface area (Å²) in [5, 5.41) is 6.65. The van der Waals surface area contributed by atoms with E-state index in [9.17, 15) is 0 Å². The van der Waals surface area contributed by atoms with Crippen LogP contribution in [0.5, 0.6) is 0 Å². The van der Waals surface area contributed by atoms with E-state index < -0.39 is 0 Å². The van der Waals surface area contributed by atoms with Gasteiger partial charge in [-0.25, -0.2) is 9.97 Å². The zero-order chi connectivity index (χ0) is 14.4. The van der Waals surface area contributed by atoms with Crippen LogP contribution in [0.1, 0.15) is 26.1 Å². The lowest BCUT2D eigenvalue weighted by Crippen LogP contribution is -2.08. The third kappa shape index (κ3) is 4.53. The number of nitrogens with one attached hydrogen (secondary N) is 2. The van der Waals surface area contributed by atoms with Crippen LogP contribution in [0.25, 0.3) is 0 Å². The largest absolute Gasteiger partial charge is 0.370 e. The Kier molecular flexibility index (Phi) is 4.93. The van der Waals surface area contributed by atoms with Crippen LogP contribution in [0.2, 0.25) is 0 Å². The summed E-state index contributed by atoms with van der Waals surface area (Å²) in [5.41, 5.74) is 1.03. The summed E-state index contributed by atoms with van der Waals surface area (Å²) in [5.74, 6) is 3.14. The molecule has 0 amide bonds. The highest BCUT2D eigenvalue weighted by atomic mass is 15.1. The highest BCUT2D eigenvalue weighted by Gasteiger charge is 2.02. The van der Waals surface area contributed by atoms with Crippen LogP contribution in [0.3, 0.4) is 0 Å². The molecule has 1 heterocycles. The quantitative estimate of drug-likeness (QED) is 0.833. The van der Waals surface area contributed by atoms with E-state index in [0.29, 0.717) is 5.92 Å². The second-order valence-corrected chi connectivity index (χ2v) is 5.29. The topological polar surface area (TPSA) is 49.8 Å². The lowest BCUT2D eigenvalue weighted by atomic mass is 10.1. The summed E-state index contributed by atoms with van der Waals surface area (Å²) in [4.78, 5) is 8.82. The number of hydrogen-bond donors (Lipinski definition) is 2. The van der Waals surface area contributed by atoms with Crippen molar-refractivity contribution in [3.8, 4) is 0 Å². The van der Waals surface area contributed by atoms with E-state index in [-0.39, 0.29) is 0 Å². The van der Waals surface area contributed by atoms with Gasteiger partial charge in [-0.15, -0.1) is 0 Å². The minimum atomic E-state index is 0.687. The molecule has 0 aliphatic carbocycles. The van der Waals surface area contributed by atoms with Gasteiger partial charge in [0, 0.05) is 18.3 Å². The Morgan fingerprint density at radius 3 is 2.45 bits per heavy atom. The number of rotatable bonds is 6. The van der Waals surface area contributed by atoms with Crippen LogP contribution in [-0.2, 0) is 0 Å². The van der Waals surface area contributed by atoms with E-state index in [1.54, 1.807) is 0 Å². The second kappa shape index (κ2) is 6.89. The van der Waals surface area contributed by atoms with Gasteiger partial charge in [0.1, 0.15) is 17.5 Å². The molecule has 0 spiro atoms. The maximum absolute atomic E-state index is 4.41. The van der Waals surface area contributed by atoms with Crippen molar-refractivity contribution in [1.29, 1.82) is 0 Å². The molecule has 0 unspecified atom stereocenters. The minimum absolute atomic E-state index is 0.687. The Balaban J connectivity index is 2.04. The average molecular weight is 270 g/mol. The molecule has 20 heavy (non-hydrogen) atoms. The number of benzene rings is 1. The first-order valence-corrected chi connectivity index (χ1v) is 7.05. The normalized spacial score (nSPS) is 10.6. The SMILES string of the molecule is Cc1nc(NCCC(C)C)cc(Nc2ccccc2)n1. The predicted molar refractivity (Wildman–Crippen MR) is 84.4 cm³/mol. The Bertz CT molecular complexity index is 537. The fraction of sp³-hybridized carbons (Fsp3) is 0.375. The number of hydrogen-bond acceptors (Lipinski definition) is 4. The summed E-state index contributed by atoms with van der Waals surface area (Å²) in [6, 6.07) is 12.0. The fourth-order valence-corrected chi connectivity index (χ4v) is 1.88. The number of aryl methyl sites for hydroxylation is 1. The maximum Gasteiger partial charge on any atom is 0.136 e. The van der Waals surface area contributed by atoms with Gasteiger partial charge in [-0.3, -0.25) is 0 Å². The third-order valence-corrected chi connectivity index (χ3v) is 2.91. The van der Waals surface area contributed by atoms with Gasteiger partial charge >= 0.3 is 0 Å². The van der Waals surface area contributed by atoms with Crippen molar-refractivity contribution in [2.75, 3.05) is 17.2 Å². The highest BCUT2D eigenvalue weighted by molar-refractivity contribution is 5.58. The molecule has 2 N–H and O–H groups in total. The number of anilines is 3. The second-order valence-electron chi connectivity index (χ2n) is 5.29. The van der Waals surface area contributed by atoms with E-state index in [4.69, 9.17) is 0 Å². The molecule has 0 atom stereocenters. The van der Waals surface area contributed by atoms with E-state index >= 15 is 0 Å². The zero-order valence-electron chi connectivity index (χ0n) is 12.4. The molecule has 1 aromatic carbocycles. The molecule has 4 nitrogen and oxygen atoms in total. The molecule has 0 bridgehead atoms. The van der Waals surface area contributed by atoms with Gasteiger partial charge in [0.15, 0.2) is 0 Å². The van der Waals surface area contributed by atoms with Gasteiger partial charge < -0.3 is 10.6 Å². The van der Waals surface area contributed by atoms with Crippen LogP contribution >= 0.6 is 0 Å². The Labute approximate surface area is 120 Å². The third-order valence-electron chi connectivity index (χ3n) is 2.91. The molecule has 106 valence electrons. The van der Waals surface area contributed by atoms with Crippen molar-refractivity contribution < 1.29 is 0 Å². The van der Waals surface area contributed by atoms with E-state index in [0.717, 1.165) is 36.1 Å². The van der Waals surface area contributed by atoms with Crippen molar-refractivity contribution in [2.45, 2.75) is 27.2 Å². The van der Waals surface area contributed by atoms with Crippen LogP contribution in [0.4, 0.5) is 17.3 Å². The van der Waals surface area contributed by atoms with Gasteiger partial charge in [-0.05, 0) is 31.4 Å². The fourth-order valence-electron chi connectivity index (χ4n) is 1.88.